The molecular weight excluding hydrogens is 512 g/mol. The van der Waals surface area contributed by atoms with Crippen LogP contribution >= 0.6 is 0 Å². The average Bonchev–Trinajstić information content (AvgIpc) is 3.58. The molecule has 1 atom stereocenters. The predicted octanol–water partition coefficient (Wildman–Crippen LogP) is 2.58. The van der Waals surface area contributed by atoms with E-state index >= 15 is 0 Å². The number of rotatable bonds is 5. The van der Waals surface area contributed by atoms with E-state index in [-0.39, 0.29) is 18.4 Å². The molecule has 2 N–H and O–H groups in total. The summed E-state index contributed by atoms with van der Waals surface area (Å²) < 4.78 is 7.44. The molecular formula is C28H34N8O4. The van der Waals surface area contributed by atoms with Gasteiger partial charge in [0.15, 0.2) is 5.65 Å². The second kappa shape index (κ2) is 10.1. The Morgan fingerprint density at radius 2 is 1.88 bits per heavy atom. The maximum atomic E-state index is 13.5. The van der Waals surface area contributed by atoms with E-state index in [0.717, 1.165) is 31.7 Å². The number of amides is 2. The predicted molar refractivity (Wildman–Crippen MR) is 150 cm³/mol. The number of aliphatic hydroxyl groups is 1. The summed E-state index contributed by atoms with van der Waals surface area (Å²) in [4.78, 5) is 41.4. The second-order valence-corrected chi connectivity index (χ2v) is 11.4. The van der Waals surface area contributed by atoms with Crippen LogP contribution in [0.2, 0.25) is 0 Å². The summed E-state index contributed by atoms with van der Waals surface area (Å²) in [5.74, 6) is 1.91. The van der Waals surface area contributed by atoms with Crippen molar-refractivity contribution >= 4 is 41.2 Å². The summed E-state index contributed by atoms with van der Waals surface area (Å²) >= 11 is 0. The van der Waals surface area contributed by atoms with Crippen LogP contribution in [0.15, 0.2) is 42.2 Å². The van der Waals surface area contributed by atoms with Gasteiger partial charge >= 0.3 is 6.09 Å². The molecule has 1 saturated carbocycles. The van der Waals surface area contributed by atoms with Gasteiger partial charge in [0.05, 0.1) is 6.20 Å². The van der Waals surface area contributed by atoms with Gasteiger partial charge in [-0.05, 0) is 51.8 Å². The molecule has 0 aromatic carbocycles. The lowest BCUT2D eigenvalue weighted by molar-refractivity contribution is -0.117. The first-order chi connectivity index (χ1) is 19.2. The molecule has 1 aliphatic carbocycles. The Kier molecular flexibility index (Phi) is 6.57. The molecule has 0 spiro atoms. The van der Waals surface area contributed by atoms with Crippen molar-refractivity contribution in [3.63, 3.8) is 0 Å². The van der Waals surface area contributed by atoms with Gasteiger partial charge in [-0.3, -0.25) is 9.69 Å². The summed E-state index contributed by atoms with van der Waals surface area (Å²) in [5, 5.41) is 17.0. The number of hydrogen-bond acceptors (Lipinski definition) is 9. The number of carbonyl (C=O) groups excluding carboxylic acids is 2. The molecule has 2 aliphatic heterocycles. The molecule has 3 aliphatic rings. The average molecular weight is 547 g/mol. The molecule has 0 radical (unpaired) electrons. The molecule has 12 nitrogen and oxygen atoms in total. The van der Waals surface area contributed by atoms with Crippen molar-refractivity contribution in [3.05, 3.63) is 47.8 Å². The van der Waals surface area contributed by atoms with Crippen LogP contribution in [0.25, 0.3) is 11.7 Å². The first-order valence-electron chi connectivity index (χ1n) is 13.7. The Bertz CT molecular complexity index is 1450. The minimum atomic E-state index is -0.910. The normalized spacial score (nSPS) is 20.8. The molecule has 12 heteroatoms. The first-order valence-corrected chi connectivity index (χ1v) is 13.7. The zero-order valence-corrected chi connectivity index (χ0v) is 22.9. The lowest BCUT2D eigenvalue weighted by Crippen LogP contribution is -2.47. The van der Waals surface area contributed by atoms with Gasteiger partial charge < -0.3 is 25.0 Å². The quantitative estimate of drug-likeness (QED) is 0.464. The Morgan fingerprint density at radius 1 is 1.15 bits per heavy atom. The van der Waals surface area contributed by atoms with E-state index in [2.05, 4.69) is 25.2 Å². The third kappa shape index (κ3) is 5.31. The summed E-state index contributed by atoms with van der Waals surface area (Å²) in [7, 11) is 0. The summed E-state index contributed by atoms with van der Waals surface area (Å²) in [6, 6.07) is 7.82. The van der Waals surface area contributed by atoms with Crippen molar-refractivity contribution in [3.8, 4) is 0 Å². The number of pyridine rings is 1. The number of aliphatic hydroxyl groups excluding tert-OH is 1. The minimum absolute atomic E-state index is 0.0102. The molecule has 3 aromatic heterocycles. The Morgan fingerprint density at radius 3 is 2.48 bits per heavy atom. The van der Waals surface area contributed by atoms with Gasteiger partial charge in [0.1, 0.15) is 29.3 Å². The highest BCUT2D eigenvalue weighted by molar-refractivity contribution is 6.01. The monoisotopic (exact) mass is 546 g/mol. The molecule has 40 heavy (non-hydrogen) atoms. The van der Waals surface area contributed by atoms with Crippen molar-refractivity contribution in [2.45, 2.75) is 57.9 Å². The van der Waals surface area contributed by atoms with Crippen LogP contribution in [0.1, 0.15) is 45.6 Å². The number of fused-ring (bicyclic) bond motifs is 1. The van der Waals surface area contributed by atoms with Crippen LogP contribution in [0.3, 0.4) is 0 Å². The first kappa shape index (κ1) is 26.1. The topological polar surface area (TPSA) is 128 Å². The van der Waals surface area contributed by atoms with E-state index in [1.165, 1.54) is 0 Å². The number of nitrogens with one attached hydrogen (secondary N) is 1. The van der Waals surface area contributed by atoms with Gasteiger partial charge in [-0.2, -0.15) is 9.61 Å². The van der Waals surface area contributed by atoms with Gasteiger partial charge in [-0.1, -0.05) is 6.07 Å². The van der Waals surface area contributed by atoms with Crippen LogP contribution in [0.4, 0.5) is 22.2 Å². The van der Waals surface area contributed by atoms with E-state index < -0.39 is 17.9 Å². The highest BCUT2D eigenvalue weighted by Gasteiger charge is 2.39. The van der Waals surface area contributed by atoms with Crippen molar-refractivity contribution in [1.29, 1.82) is 0 Å². The molecule has 2 saturated heterocycles. The number of ether oxygens (including phenoxy) is 1. The highest BCUT2D eigenvalue weighted by atomic mass is 16.6. The van der Waals surface area contributed by atoms with Gasteiger partial charge in [0.2, 0.25) is 5.91 Å². The van der Waals surface area contributed by atoms with Gasteiger partial charge in [-0.25, -0.2) is 14.8 Å². The number of aromatic nitrogens is 4. The molecule has 3 fully saturated rings. The number of piperazine rings is 1. The van der Waals surface area contributed by atoms with Gasteiger partial charge in [0.25, 0.3) is 0 Å². The molecule has 210 valence electrons. The summed E-state index contributed by atoms with van der Waals surface area (Å²) in [5.41, 5.74) is 0.952. The highest BCUT2D eigenvalue weighted by Crippen LogP contribution is 2.36. The van der Waals surface area contributed by atoms with Crippen LogP contribution < -0.4 is 20.0 Å². The van der Waals surface area contributed by atoms with Gasteiger partial charge in [0, 0.05) is 62.0 Å². The number of carbonyl (C=O) groups is 2. The van der Waals surface area contributed by atoms with Crippen LogP contribution in [0, 0.1) is 0 Å². The number of hydrogen-bond donors (Lipinski definition) is 2. The lowest BCUT2D eigenvalue weighted by atomic mass is 10.1. The van der Waals surface area contributed by atoms with Crippen molar-refractivity contribution in [1.82, 2.24) is 24.9 Å². The molecule has 5 heterocycles. The molecule has 0 bridgehead atoms. The standard InChI is InChI=1S/C28H34N8O4/c1-28(2,3)40-27(39)35(20-7-8-20)24-16-22(34-12-10-33(11-13-34)21-6-4-5-9-29-21)31-25-19(17-30-36(24)25)14-18-15-23(37)32-26(18)38/h4-6,9,14,16-17,20,23,37H,7-8,10-13,15H2,1-3H3,(H,32,38)/b18-14+. The van der Waals surface area contributed by atoms with E-state index in [1.54, 1.807) is 27.9 Å². The molecule has 1 unspecified atom stereocenters. The Balaban J connectivity index is 1.39. The minimum Gasteiger partial charge on any atom is -0.443 e. The van der Waals surface area contributed by atoms with Crippen LogP contribution in [-0.2, 0) is 9.53 Å². The second-order valence-electron chi connectivity index (χ2n) is 11.4. The molecule has 6 rings (SSSR count). The van der Waals surface area contributed by atoms with Crippen LogP contribution in [0.5, 0.6) is 0 Å². The van der Waals surface area contributed by atoms with E-state index in [1.807, 2.05) is 45.0 Å². The zero-order valence-electron chi connectivity index (χ0n) is 22.9. The van der Waals surface area contributed by atoms with Crippen molar-refractivity contribution < 1.29 is 19.4 Å². The summed E-state index contributed by atoms with van der Waals surface area (Å²) in [6.07, 6.45) is 5.75. The Labute approximate surface area is 232 Å². The van der Waals surface area contributed by atoms with Crippen molar-refractivity contribution in [2.24, 2.45) is 0 Å². The SMILES string of the molecule is CC(C)(C)OC(=O)N(c1cc(N2CCN(c3ccccn3)CC2)nc2c(/C=C3\CC(O)NC3=O)cnn12)C1CC1. The molecule has 2 amide bonds. The third-order valence-corrected chi connectivity index (χ3v) is 7.13. The maximum Gasteiger partial charge on any atom is 0.416 e. The smallest absolute Gasteiger partial charge is 0.416 e. The zero-order chi connectivity index (χ0) is 28.0. The number of nitrogens with zero attached hydrogens (tertiary/aromatic N) is 7. The van der Waals surface area contributed by atoms with Gasteiger partial charge in [-0.15, -0.1) is 0 Å². The van der Waals surface area contributed by atoms with E-state index in [4.69, 9.17) is 9.72 Å². The Hall–Kier alpha value is -4.19. The van der Waals surface area contributed by atoms with Crippen molar-refractivity contribution in [2.75, 3.05) is 40.9 Å². The molecule has 3 aromatic rings. The lowest BCUT2D eigenvalue weighted by Gasteiger charge is -2.36. The fraction of sp³-hybridized carbons (Fsp3) is 0.464. The van der Waals surface area contributed by atoms with E-state index in [0.29, 0.717) is 41.5 Å². The summed E-state index contributed by atoms with van der Waals surface area (Å²) in [6.45, 7) is 8.53. The maximum absolute atomic E-state index is 13.5. The van der Waals surface area contributed by atoms with Crippen LogP contribution in [-0.4, -0.2) is 80.7 Å². The third-order valence-electron chi connectivity index (χ3n) is 7.13. The number of anilines is 3. The fourth-order valence-corrected chi connectivity index (χ4v) is 5.07. The van der Waals surface area contributed by atoms with E-state index in [9.17, 15) is 14.7 Å². The fourth-order valence-electron chi connectivity index (χ4n) is 5.07. The largest absolute Gasteiger partial charge is 0.443 e.